The zero-order valence-corrected chi connectivity index (χ0v) is 12.2. The van der Waals surface area contributed by atoms with Crippen LogP contribution in [0.25, 0.3) is 0 Å². The number of aromatic nitrogens is 2. The fraction of sp³-hybridized carbons (Fsp3) is 0.692. The average Bonchev–Trinajstić information content (AvgIpc) is 2.96. The van der Waals surface area contributed by atoms with Crippen molar-refractivity contribution >= 4 is 24.1 Å². The Morgan fingerprint density at radius 3 is 3.00 bits per heavy atom. The normalized spacial score (nSPS) is 22.0. The van der Waals surface area contributed by atoms with E-state index in [1.165, 1.54) is 0 Å². The molecule has 1 heterocycles. The molecule has 1 amide bonds. The van der Waals surface area contributed by atoms with Crippen LogP contribution in [-0.2, 0) is 11.3 Å². The Balaban J connectivity index is 0.00000180. The van der Waals surface area contributed by atoms with Crippen molar-refractivity contribution in [1.29, 1.82) is 0 Å². The van der Waals surface area contributed by atoms with E-state index in [9.17, 15) is 4.79 Å². The van der Waals surface area contributed by atoms with Gasteiger partial charge in [0.2, 0.25) is 5.91 Å². The second-order valence-electron chi connectivity index (χ2n) is 5.05. The van der Waals surface area contributed by atoms with Crippen LogP contribution in [0.1, 0.15) is 39.0 Å². The summed E-state index contributed by atoms with van der Waals surface area (Å²) in [5.74, 6) is 0.949. The van der Waals surface area contributed by atoms with Crippen LogP contribution in [0.2, 0.25) is 0 Å². The van der Waals surface area contributed by atoms with Crippen molar-refractivity contribution in [3.05, 3.63) is 12.3 Å². The van der Waals surface area contributed by atoms with E-state index >= 15 is 0 Å². The molecule has 1 aromatic rings. The Morgan fingerprint density at radius 1 is 1.58 bits per heavy atom. The standard InChI is InChI=1S/C13H22N4O.ClH/c1-2-3-8-17-12(6-7-15-17)16-13(18)10-4-5-11(14)9-10;/h6-7,10-11H,2-5,8-9,14H2,1H3,(H,16,18);1H. The molecule has 2 unspecified atom stereocenters. The van der Waals surface area contributed by atoms with E-state index < -0.39 is 0 Å². The molecule has 0 radical (unpaired) electrons. The molecule has 1 aromatic heterocycles. The highest BCUT2D eigenvalue weighted by atomic mass is 35.5. The number of anilines is 1. The number of carbonyl (C=O) groups is 1. The monoisotopic (exact) mass is 286 g/mol. The Hall–Kier alpha value is -1.07. The summed E-state index contributed by atoms with van der Waals surface area (Å²) in [6.07, 6.45) is 6.56. The number of hydrogen-bond acceptors (Lipinski definition) is 3. The minimum atomic E-state index is 0. The van der Waals surface area contributed by atoms with Gasteiger partial charge in [-0.25, -0.2) is 4.68 Å². The zero-order chi connectivity index (χ0) is 13.0. The second kappa shape index (κ2) is 7.50. The number of aryl methyl sites for hydroxylation is 1. The van der Waals surface area contributed by atoms with Gasteiger partial charge in [-0.2, -0.15) is 5.10 Å². The van der Waals surface area contributed by atoms with Crippen LogP contribution in [0, 0.1) is 5.92 Å². The van der Waals surface area contributed by atoms with E-state index in [1.54, 1.807) is 6.20 Å². The van der Waals surface area contributed by atoms with Gasteiger partial charge < -0.3 is 11.1 Å². The maximum atomic E-state index is 12.1. The Morgan fingerprint density at radius 2 is 2.37 bits per heavy atom. The van der Waals surface area contributed by atoms with E-state index in [0.717, 1.165) is 44.5 Å². The van der Waals surface area contributed by atoms with Crippen LogP contribution in [0.15, 0.2) is 12.3 Å². The molecule has 0 spiro atoms. The smallest absolute Gasteiger partial charge is 0.228 e. The SMILES string of the molecule is CCCCn1nccc1NC(=O)C1CCC(N)C1.Cl. The van der Waals surface area contributed by atoms with Crippen LogP contribution in [0.4, 0.5) is 5.82 Å². The largest absolute Gasteiger partial charge is 0.328 e. The summed E-state index contributed by atoms with van der Waals surface area (Å²) < 4.78 is 1.86. The number of carbonyl (C=O) groups excluding carboxylic acids is 1. The second-order valence-corrected chi connectivity index (χ2v) is 5.05. The third-order valence-corrected chi connectivity index (χ3v) is 3.54. The Labute approximate surface area is 120 Å². The minimum Gasteiger partial charge on any atom is -0.328 e. The molecule has 19 heavy (non-hydrogen) atoms. The van der Waals surface area contributed by atoms with Crippen molar-refractivity contribution in [3.8, 4) is 0 Å². The molecule has 1 aliphatic rings. The average molecular weight is 287 g/mol. The highest BCUT2D eigenvalue weighted by Crippen LogP contribution is 2.25. The third kappa shape index (κ3) is 4.21. The van der Waals surface area contributed by atoms with Crippen LogP contribution in [0.5, 0.6) is 0 Å². The lowest BCUT2D eigenvalue weighted by atomic mass is 10.1. The van der Waals surface area contributed by atoms with Gasteiger partial charge in [-0.3, -0.25) is 4.79 Å². The predicted molar refractivity (Wildman–Crippen MR) is 78.3 cm³/mol. The molecule has 0 aromatic carbocycles. The first-order chi connectivity index (χ1) is 8.70. The number of rotatable bonds is 5. The van der Waals surface area contributed by atoms with Gasteiger partial charge >= 0.3 is 0 Å². The molecule has 108 valence electrons. The quantitative estimate of drug-likeness (QED) is 0.871. The highest BCUT2D eigenvalue weighted by molar-refractivity contribution is 5.91. The topological polar surface area (TPSA) is 72.9 Å². The molecule has 3 N–H and O–H groups in total. The summed E-state index contributed by atoms with van der Waals surface area (Å²) in [4.78, 5) is 12.1. The van der Waals surface area contributed by atoms with E-state index in [-0.39, 0.29) is 30.3 Å². The molecule has 1 aliphatic carbocycles. The summed E-state index contributed by atoms with van der Waals surface area (Å²) in [5, 5.41) is 7.19. The van der Waals surface area contributed by atoms with Crippen molar-refractivity contribution in [2.75, 3.05) is 5.32 Å². The number of amides is 1. The molecule has 6 heteroatoms. The van der Waals surface area contributed by atoms with E-state index in [2.05, 4.69) is 17.3 Å². The molecule has 1 saturated carbocycles. The van der Waals surface area contributed by atoms with Crippen molar-refractivity contribution < 1.29 is 4.79 Å². The first kappa shape index (κ1) is 16.0. The molecule has 5 nitrogen and oxygen atoms in total. The zero-order valence-electron chi connectivity index (χ0n) is 11.3. The molecular weight excluding hydrogens is 264 g/mol. The van der Waals surface area contributed by atoms with Crippen LogP contribution < -0.4 is 11.1 Å². The number of unbranched alkanes of at least 4 members (excludes halogenated alkanes) is 1. The lowest BCUT2D eigenvalue weighted by molar-refractivity contribution is -0.119. The highest BCUT2D eigenvalue weighted by Gasteiger charge is 2.28. The molecule has 2 rings (SSSR count). The molecule has 0 bridgehead atoms. The molecule has 2 atom stereocenters. The lowest BCUT2D eigenvalue weighted by Gasteiger charge is -2.12. The van der Waals surface area contributed by atoms with Gasteiger partial charge in [0.25, 0.3) is 0 Å². The summed E-state index contributed by atoms with van der Waals surface area (Å²) in [5.41, 5.74) is 5.83. The Bertz CT molecular complexity index is 407. The minimum absolute atomic E-state index is 0. The molecule has 0 aliphatic heterocycles. The number of hydrogen-bond donors (Lipinski definition) is 2. The van der Waals surface area contributed by atoms with Gasteiger partial charge in [0.15, 0.2) is 0 Å². The summed E-state index contributed by atoms with van der Waals surface area (Å²) in [7, 11) is 0. The van der Waals surface area contributed by atoms with E-state index in [0.29, 0.717) is 0 Å². The van der Waals surface area contributed by atoms with Crippen molar-refractivity contribution in [2.24, 2.45) is 11.7 Å². The Kier molecular flexibility index (Phi) is 6.31. The molecule has 0 saturated heterocycles. The number of nitrogens with one attached hydrogen (secondary N) is 1. The van der Waals surface area contributed by atoms with Gasteiger partial charge in [-0.15, -0.1) is 12.4 Å². The van der Waals surface area contributed by atoms with Crippen molar-refractivity contribution in [2.45, 2.75) is 51.6 Å². The predicted octanol–water partition coefficient (Wildman–Crippen LogP) is 2.17. The van der Waals surface area contributed by atoms with Crippen molar-refractivity contribution in [3.63, 3.8) is 0 Å². The van der Waals surface area contributed by atoms with Gasteiger partial charge in [0.05, 0.1) is 6.20 Å². The maximum absolute atomic E-state index is 12.1. The summed E-state index contributed by atoms with van der Waals surface area (Å²) in [6.45, 7) is 2.99. The first-order valence-corrected chi connectivity index (χ1v) is 6.79. The fourth-order valence-corrected chi connectivity index (χ4v) is 2.41. The molecule has 1 fully saturated rings. The van der Waals surface area contributed by atoms with E-state index in [1.807, 2.05) is 10.7 Å². The first-order valence-electron chi connectivity index (χ1n) is 6.79. The number of nitrogens with two attached hydrogens (primary N) is 1. The summed E-state index contributed by atoms with van der Waals surface area (Å²) >= 11 is 0. The van der Waals surface area contributed by atoms with Gasteiger partial charge in [-0.05, 0) is 25.7 Å². The van der Waals surface area contributed by atoms with Crippen LogP contribution in [0.3, 0.4) is 0 Å². The third-order valence-electron chi connectivity index (χ3n) is 3.54. The van der Waals surface area contributed by atoms with Crippen LogP contribution in [-0.4, -0.2) is 21.7 Å². The van der Waals surface area contributed by atoms with Crippen molar-refractivity contribution in [1.82, 2.24) is 9.78 Å². The lowest BCUT2D eigenvalue weighted by Crippen LogP contribution is -2.24. The van der Waals surface area contributed by atoms with E-state index in [4.69, 9.17) is 5.73 Å². The number of nitrogens with zero attached hydrogens (tertiary/aromatic N) is 2. The molecular formula is C13H23ClN4O. The van der Waals surface area contributed by atoms with Crippen LogP contribution >= 0.6 is 12.4 Å². The maximum Gasteiger partial charge on any atom is 0.228 e. The summed E-state index contributed by atoms with van der Waals surface area (Å²) in [6, 6.07) is 2.04. The van der Waals surface area contributed by atoms with Gasteiger partial charge in [0, 0.05) is 24.6 Å². The van der Waals surface area contributed by atoms with Gasteiger partial charge in [-0.1, -0.05) is 13.3 Å². The van der Waals surface area contributed by atoms with Gasteiger partial charge in [0.1, 0.15) is 5.82 Å². The number of halogens is 1. The fourth-order valence-electron chi connectivity index (χ4n) is 2.41.